The molecule has 0 fully saturated rings. The third-order valence-corrected chi connectivity index (χ3v) is 2.61. The van der Waals surface area contributed by atoms with Gasteiger partial charge in [-0.1, -0.05) is 19.4 Å². The van der Waals surface area contributed by atoms with E-state index in [0.717, 1.165) is 24.3 Å². The van der Waals surface area contributed by atoms with Crippen LogP contribution in [0.3, 0.4) is 0 Å². The molecule has 0 spiro atoms. The van der Waals surface area contributed by atoms with Crippen LogP contribution in [-0.4, -0.2) is 12.5 Å². The molecule has 1 N–H and O–H groups in total. The zero-order chi connectivity index (χ0) is 10.2. The molecule has 0 aromatic carbocycles. The van der Waals surface area contributed by atoms with E-state index < -0.39 is 0 Å². The molecule has 1 aromatic rings. The van der Waals surface area contributed by atoms with Crippen molar-refractivity contribution in [3.63, 3.8) is 0 Å². The van der Waals surface area contributed by atoms with E-state index in [1.54, 1.807) is 17.4 Å². The minimum atomic E-state index is -0.00755. The van der Waals surface area contributed by atoms with Crippen LogP contribution in [0.5, 0.6) is 0 Å². The molecule has 1 aromatic heterocycles. The summed E-state index contributed by atoms with van der Waals surface area (Å²) in [5.41, 5.74) is 0. The van der Waals surface area contributed by atoms with E-state index in [1.165, 1.54) is 0 Å². The number of amides is 1. The molecule has 0 aliphatic carbocycles. The fraction of sp³-hybridized carbons (Fsp3) is 0.364. The molecule has 0 radical (unpaired) electrons. The maximum Gasteiger partial charge on any atom is 0.244 e. The van der Waals surface area contributed by atoms with Crippen molar-refractivity contribution in [2.75, 3.05) is 6.54 Å². The third-order valence-electron chi connectivity index (χ3n) is 1.77. The van der Waals surface area contributed by atoms with E-state index in [1.807, 2.05) is 23.6 Å². The molecule has 1 rings (SSSR count). The van der Waals surface area contributed by atoms with Crippen LogP contribution in [0.1, 0.15) is 24.6 Å². The summed E-state index contributed by atoms with van der Waals surface area (Å²) in [5.74, 6) is -0.00755. The molecule has 0 aliphatic heterocycles. The molecule has 0 aliphatic rings. The first-order valence-electron chi connectivity index (χ1n) is 4.82. The van der Waals surface area contributed by atoms with Gasteiger partial charge >= 0.3 is 0 Å². The Bertz CT molecular complexity index is 290. The lowest BCUT2D eigenvalue weighted by Crippen LogP contribution is -2.21. The highest BCUT2D eigenvalue weighted by Gasteiger charge is 1.93. The lowest BCUT2D eigenvalue weighted by Gasteiger charge is -1.98. The van der Waals surface area contributed by atoms with Crippen molar-refractivity contribution in [1.82, 2.24) is 5.32 Å². The molecule has 2 nitrogen and oxygen atoms in total. The molecular weight excluding hydrogens is 194 g/mol. The van der Waals surface area contributed by atoms with Gasteiger partial charge in [-0.05, 0) is 23.9 Å². The van der Waals surface area contributed by atoms with Gasteiger partial charge in [0.15, 0.2) is 0 Å². The van der Waals surface area contributed by atoms with Gasteiger partial charge in [0, 0.05) is 17.5 Å². The normalized spacial score (nSPS) is 10.6. The standard InChI is InChI=1S/C11H15NOS/c1-2-3-8-12-11(13)7-6-10-5-4-9-14-10/h4-7,9H,2-3,8H2,1H3,(H,12,13). The molecule has 0 saturated carbocycles. The molecule has 0 atom stereocenters. The first-order chi connectivity index (χ1) is 6.83. The highest BCUT2D eigenvalue weighted by Crippen LogP contribution is 2.09. The zero-order valence-electron chi connectivity index (χ0n) is 8.32. The van der Waals surface area contributed by atoms with Crippen molar-refractivity contribution in [3.05, 3.63) is 28.5 Å². The van der Waals surface area contributed by atoms with Crippen molar-refractivity contribution < 1.29 is 4.79 Å². The van der Waals surface area contributed by atoms with Crippen LogP contribution < -0.4 is 5.32 Å². The lowest BCUT2D eigenvalue weighted by molar-refractivity contribution is -0.116. The summed E-state index contributed by atoms with van der Waals surface area (Å²) < 4.78 is 0. The van der Waals surface area contributed by atoms with Crippen LogP contribution in [-0.2, 0) is 4.79 Å². The average Bonchev–Trinajstić information content (AvgIpc) is 2.68. The number of hydrogen-bond donors (Lipinski definition) is 1. The maximum absolute atomic E-state index is 11.2. The second-order valence-corrected chi connectivity index (χ2v) is 3.97. The van der Waals surface area contributed by atoms with Crippen molar-refractivity contribution in [2.45, 2.75) is 19.8 Å². The highest BCUT2D eigenvalue weighted by atomic mass is 32.1. The van der Waals surface area contributed by atoms with E-state index in [9.17, 15) is 4.79 Å². The van der Waals surface area contributed by atoms with Gasteiger partial charge < -0.3 is 5.32 Å². The van der Waals surface area contributed by atoms with E-state index in [4.69, 9.17) is 0 Å². The molecule has 0 saturated heterocycles. The Hall–Kier alpha value is -1.09. The Morgan fingerprint density at radius 3 is 3.14 bits per heavy atom. The number of carbonyl (C=O) groups is 1. The first kappa shape index (κ1) is 11.0. The Morgan fingerprint density at radius 2 is 2.50 bits per heavy atom. The fourth-order valence-corrected chi connectivity index (χ4v) is 1.61. The predicted octanol–water partition coefficient (Wildman–Crippen LogP) is 2.68. The summed E-state index contributed by atoms with van der Waals surface area (Å²) in [4.78, 5) is 12.3. The second kappa shape index (κ2) is 6.38. The average molecular weight is 209 g/mol. The van der Waals surface area contributed by atoms with Gasteiger partial charge in [-0.15, -0.1) is 11.3 Å². The maximum atomic E-state index is 11.2. The van der Waals surface area contributed by atoms with Gasteiger partial charge in [-0.2, -0.15) is 0 Å². The van der Waals surface area contributed by atoms with Crippen molar-refractivity contribution in [2.24, 2.45) is 0 Å². The summed E-state index contributed by atoms with van der Waals surface area (Å²) in [6.45, 7) is 2.87. The zero-order valence-corrected chi connectivity index (χ0v) is 9.14. The summed E-state index contributed by atoms with van der Waals surface area (Å²) in [6, 6.07) is 3.96. The largest absolute Gasteiger partial charge is 0.353 e. The molecule has 1 heterocycles. The van der Waals surface area contributed by atoms with Crippen molar-refractivity contribution in [3.8, 4) is 0 Å². The van der Waals surface area contributed by atoms with Crippen LogP contribution in [0.15, 0.2) is 23.6 Å². The molecule has 1 amide bonds. The van der Waals surface area contributed by atoms with Gasteiger partial charge in [0.2, 0.25) is 5.91 Å². The first-order valence-corrected chi connectivity index (χ1v) is 5.70. The van der Waals surface area contributed by atoms with Crippen LogP contribution in [0.25, 0.3) is 6.08 Å². The minimum absolute atomic E-state index is 0.00755. The summed E-state index contributed by atoms with van der Waals surface area (Å²) in [6.07, 6.45) is 5.57. The number of thiophene rings is 1. The van der Waals surface area contributed by atoms with Gasteiger partial charge in [0.25, 0.3) is 0 Å². The minimum Gasteiger partial charge on any atom is -0.353 e. The van der Waals surface area contributed by atoms with Gasteiger partial charge in [0.05, 0.1) is 0 Å². The Morgan fingerprint density at radius 1 is 1.64 bits per heavy atom. The smallest absolute Gasteiger partial charge is 0.244 e. The predicted molar refractivity (Wildman–Crippen MR) is 61.3 cm³/mol. The highest BCUT2D eigenvalue weighted by molar-refractivity contribution is 7.10. The second-order valence-electron chi connectivity index (χ2n) is 2.99. The number of hydrogen-bond acceptors (Lipinski definition) is 2. The number of rotatable bonds is 5. The molecular formula is C11H15NOS. The monoisotopic (exact) mass is 209 g/mol. The van der Waals surface area contributed by atoms with E-state index in [2.05, 4.69) is 12.2 Å². The molecule has 76 valence electrons. The van der Waals surface area contributed by atoms with E-state index >= 15 is 0 Å². The van der Waals surface area contributed by atoms with Crippen LogP contribution >= 0.6 is 11.3 Å². The molecule has 0 bridgehead atoms. The fourth-order valence-electron chi connectivity index (χ4n) is 0.991. The number of unbranched alkanes of at least 4 members (excludes halogenated alkanes) is 1. The van der Waals surface area contributed by atoms with Crippen LogP contribution in [0.2, 0.25) is 0 Å². The SMILES string of the molecule is CCCCNC(=O)C=Cc1cccs1. The lowest BCUT2D eigenvalue weighted by atomic mass is 10.3. The Kier molecular flexibility index (Phi) is 5.00. The van der Waals surface area contributed by atoms with Crippen LogP contribution in [0, 0.1) is 0 Å². The number of carbonyl (C=O) groups excluding carboxylic acids is 1. The van der Waals surface area contributed by atoms with Gasteiger partial charge in [-0.25, -0.2) is 0 Å². The molecule has 0 unspecified atom stereocenters. The quantitative estimate of drug-likeness (QED) is 0.586. The topological polar surface area (TPSA) is 29.1 Å². The molecule has 3 heteroatoms. The van der Waals surface area contributed by atoms with E-state index in [0.29, 0.717) is 0 Å². The Labute approximate surface area is 88.6 Å². The van der Waals surface area contributed by atoms with Gasteiger partial charge in [0.1, 0.15) is 0 Å². The Balaban J connectivity index is 2.26. The molecule has 14 heavy (non-hydrogen) atoms. The number of nitrogens with one attached hydrogen (secondary N) is 1. The summed E-state index contributed by atoms with van der Waals surface area (Å²) in [7, 11) is 0. The van der Waals surface area contributed by atoms with Crippen molar-refractivity contribution in [1.29, 1.82) is 0 Å². The summed E-state index contributed by atoms with van der Waals surface area (Å²) >= 11 is 1.63. The van der Waals surface area contributed by atoms with Gasteiger partial charge in [-0.3, -0.25) is 4.79 Å². The summed E-state index contributed by atoms with van der Waals surface area (Å²) in [5, 5.41) is 4.82. The van der Waals surface area contributed by atoms with Crippen LogP contribution in [0.4, 0.5) is 0 Å². The third kappa shape index (κ3) is 4.23. The van der Waals surface area contributed by atoms with Crippen molar-refractivity contribution >= 4 is 23.3 Å². The van der Waals surface area contributed by atoms with E-state index in [-0.39, 0.29) is 5.91 Å².